The number of hydrazone groups is 1. The summed E-state index contributed by atoms with van der Waals surface area (Å²) in [5, 5.41) is 26.3. The van der Waals surface area contributed by atoms with Crippen LogP contribution < -0.4 is 10.3 Å². The molecule has 3 aromatic rings. The SMILES string of the molecule is CC[NH+](CC)Cc1cc(/C(C)=N/NC(=O)c2cc3ccccc3cc2O)ccc1O. The van der Waals surface area contributed by atoms with Crippen molar-refractivity contribution in [3.63, 3.8) is 0 Å². The van der Waals surface area contributed by atoms with E-state index in [-0.39, 0.29) is 17.1 Å². The van der Waals surface area contributed by atoms with E-state index < -0.39 is 5.91 Å². The first-order chi connectivity index (χ1) is 14.4. The second kappa shape index (κ2) is 9.41. The highest BCUT2D eigenvalue weighted by Crippen LogP contribution is 2.25. The minimum Gasteiger partial charge on any atom is -0.507 e. The van der Waals surface area contributed by atoms with Gasteiger partial charge in [0.05, 0.1) is 24.4 Å². The van der Waals surface area contributed by atoms with E-state index in [1.165, 1.54) is 4.90 Å². The molecular weight excluding hydrogens is 378 g/mol. The van der Waals surface area contributed by atoms with Crippen LogP contribution in [0.25, 0.3) is 10.8 Å². The number of hydrogen-bond donors (Lipinski definition) is 4. The van der Waals surface area contributed by atoms with Gasteiger partial charge in [-0.05, 0) is 67.4 Å². The Labute approximate surface area is 176 Å². The van der Waals surface area contributed by atoms with E-state index >= 15 is 0 Å². The molecule has 0 aliphatic rings. The Kier molecular flexibility index (Phi) is 6.69. The number of carbonyl (C=O) groups excluding carboxylic acids is 1. The van der Waals surface area contributed by atoms with Crippen molar-refractivity contribution in [1.29, 1.82) is 0 Å². The molecule has 0 saturated heterocycles. The van der Waals surface area contributed by atoms with Crippen LogP contribution >= 0.6 is 0 Å². The molecule has 1 amide bonds. The van der Waals surface area contributed by atoms with Gasteiger partial charge in [-0.3, -0.25) is 4.79 Å². The molecule has 0 unspecified atom stereocenters. The normalized spacial score (nSPS) is 11.8. The van der Waals surface area contributed by atoms with Gasteiger partial charge in [0.2, 0.25) is 0 Å². The third kappa shape index (κ3) is 4.78. The maximum atomic E-state index is 12.6. The van der Waals surface area contributed by atoms with Crippen molar-refractivity contribution in [3.8, 4) is 11.5 Å². The molecule has 3 aromatic carbocycles. The van der Waals surface area contributed by atoms with Gasteiger partial charge in [-0.1, -0.05) is 24.3 Å². The molecule has 0 bridgehead atoms. The molecular formula is C24H28N3O3+. The van der Waals surface area contributed by atoms with Crippen LogP contribution in [0.1, 0.15) is 42.3 Å². The van der Waals surface area contributed by atoms with Crippen LogP contribution in [0.2, 0.25) is 0 Å². The highest BCUT2D eigenvalue weighted by atomic mass is 16.3. The van der Waals surface area contributed by atoms with Crippen LogP contribution in [0.5, 0.6) is 11.5 Å². The van der Waals surface area contributed by atoms with Gasteiger partial charge >= 0.3 is 0 Å². The van der Waals surface area contributed by atoms with Gasteiger partial charge in [0, 0.05) is 5.56 Å². The Morgan fingerprint density at radius 2 is 1.63 bits per heavy atom. The standard InChI is InChI=1S/C24H27N3O3/c1-4-27(5-2)15-20-12-17(10-11-22(20)28)16(3)25-26-24(30)21-13-18-8-6-7-9-19(18)14-23(21)29/h6-14,28-29H,4-5,15H2,1-3H3,(H,26,30)/p+1/b25-16+. The number of phenolic OH excluding ortho intramolecular Hbond substituents is 2. The Morgan fingerprint density at radius 1 is 0.967 bits per heavy atom. The zero-order valence-electron chi connectivity index (χ0n) is 17.6. The lowest BCUT2D eigenvalue weighted by Crippen LogP contribution is -3.10. The summed E-state index contributed by atoms with van der Waals surface area (Å²) in [6.07, 6.45) is 0. The van der Waals surface area contributed by atoms with E-state index in [4.69, 9.17) is 0 Å². The van der Waals surface area contributed by atoms with Crippen LogP contribution in [0.4, 0.5) is 0 Å². The lowest BCUT2D eigenvalue weighted by atomic mass is 10.1. The Morgan fingerprint density at radius 3 is 2.30 bits per heavy atom. The number of rotatable bonds is 7. The summed E-state index contributed by atoms with van der Waals surface area (Å²) < 4.78 is 0. The van der Waals surface area contributed by atoms with E-state index in [1.54, 1.807) is 31.2 Å². The summed E-state index contributed by atoms with van der Waals surface area (Å²) in [6, 6.07) is 16.1. The molecule has 3 rings (SSSR count). The van der Waals surface area contributed by atoms with E-state index in [2.05, 4.69) is 24.4 Å². The largest absolute Gasteiger partial charge is 0.507 e. The first-order valence-electron chi connectivity index (χ1n) is 10.1. The number of benzene rings is 3. The maximum absolute atomic E-state index is 12.6. The average Bonchev–Trinajstić information content (AvgIpc) is 2.76. The predicted molar refractivity (Wildman–Crippen MR) is 119 cm³/mol. The molecule has 6 heteroatoms. The molecule has 0 atom stereocenters. The predicted octanol–water partition coefficient (Wildman–Crippen LogP) is 2.83. The van der Waals surface area contributed by atoms with Crippen LogP contribution in [0.15, 0.2) is 59.7 Å². The van der Waals surface area contributed by atoms with E-state index in [9.17, 15) is 15.0 Å². The second-order valence-electron chi connectivity index (χ2n) is 7.33. The lowest BCUT2D eigenvalue weighted by Gasteiger charge is -2.16. The van der Waals surface area contributed by atoms with Gasteiger partial charge in [-0.15, -0.1) is 0 Å². The third-order valence-electron chi connectivity index (χ3n) is 5.37. The van der Waals surface area contributed by atoms with Gasteiger partial charge in [0.15, 0.2) is 0 Å². The van der Waals surface area contributed by atoms with Gasteiger partial charge < -0.3 is 15.1 Å². The Hall–Kier alpha value is -3.38. The smallest absolute Gasteiger partial charge is 0.275 e. The summed E-state index contributed by atoms with van der Waals surface area (Å²) >= 11 is 0. The minimum absolute atomic E-state index is 0.0897. The summed E-state index contributed by atoms with van der Waals surface area (Å²) in [6.45, 7) is 8.68. The fourth-order valence-corrected chi connectivity index (χ4v) is 3.39. The molecule has 0 radical (unpaired) electrons. The number of phenols is 2. The molecule has 30 heavy (non-hydrogen) atoms. The van der Waals surface area contributed by atoms with Crippen molar-refractivity contribution >= 4 is 22.4 Å². The molecule has 0 saturated carbocycles. The van der Waals surface area contributed by atoms with Crippen molar-refractivity contribution in [3.05, 3.63) is 71.3 Å². The average molecular weight is 407 g/mol. The quantitative estimate of drug-likeness (QED) is 0.360. The molecule has 0 heterocycles. The molecule has 0 aliphatic carbocycles. The maximum Gasteiger partial charge on any atom is 0.275 e. The fourth-order valence-electron chi connectivity index (χ4n) is 3.39. The Balaban J connectivity index is 1.79. The van der Waals surface area contributed by atoms with E-state index in [1.807, 2.05) is 30.3 Å². The van der Waals surface area contributed by atoms with E-state index in [0.29, 0.717) is 5.71 Å². The monoisotopic (exact) mass is 406 g/mol. The molecule has 6 nitrogen and oxygen atoms in total. The first-order valence-corrected chi connectivity index (χ1v) is 10.1. The topological polar surface area (TPSA) is 86.4 Å². The highest BCUT2D eigenvalue weighted by Gasteiger charge is 2.14. The first kappa shape index (κ1) is 21.3. The molecule has 0 spiro atoms. The molecule has 0 aliphatic heterocycles. The van der Waals surface area contributed by atoms with Crippen molar-refractivity contribution in [2.75, 3.05) is 13.1 Å². The fraction of sp³-hybridized carbons (Fsp3) is 0.250. The number of nitrogens with zero attached hydrogens (tertiary/aromatic N) is 1. The van der Waals surface area contributed by atoms with Crippen LogP contribution in [-0.2, 0) is 6.54 Å². The van der Waals surface area contributed by atoms with Gasteiger partial charge in [0.1, 0.15) is 18.0 Å². The summed E-state index contributed by atoms with van der Waals surface area (Å²) in [5.41, 5.74) is 4.96. The van der Waals surface area contributed by atoms with Crippen molar-refractivity contribution in [1.82, 2.24) is 5.43 Å². The lowest BCUT2D eigenvalue weighted by molar-refractivity contribution is -0.910. The van der Waals surface area contributed by atoms with Gasteiger partial charge in [-0.25, -0.2) is 5.43 Å². The Bertz CT molecular complexity index is 1090. The third-order valence-corrected chi connectivity index (χ3v) is 5.37. The van der Waals surface area contributed by atoms with Crippen LogP contribution in [0, 0.1) is 0 Å². The summed E-state index contributed by atoms with van der Waals surface area (Å²) in [4.78, 5) is 13.9. The van der Waals surface area contributed by atoms with Crippen LogP contribution in [0.3, 0.4) is 0 Å². The number of aromatic hydroxyl groups is 2. The number of quaternary nitrogens is 1. The summed E-state index contributed by atoms with van der Waals surface area (Å²) in [7, 11) is 0. The zero-order valence-corrected chi connectivity index (χ0v) is 17.6. The number of carbonyl (C=O) groups is 1. The number of nitrogens with one attached hydrogen (secondary N) is 2. The number of amides is 1. The van der Waals surface area contributed by atoms with Gasteiger partial charge in [-0.2, -0.15) is 5.10 Å². The van der Waals surface area contributed by atoms with Crippen molar-refractivity contribution in [2.24, 2.45) is 5.10 Å². The van der Waals surface area contributed by atoms with Crippen LogP contribution in [-0.4, -0.2) is 34.9 Å². The van der Waals surface area contributed by atoms with Gasteiger partial charge in [0.25, 0.3) is 5.91 Å². The molecule has 0 fully saturated rings. The minimum atomic E-state index is -0.482. The number of fused-ring (bicyclic) bond motifs is 1. The highest BCUT2D eigenvalue weighted by molar-refractivity contribution is 6.03. The van der Waals surface area contributed by atoms with Crippen molar-refractivity contribution < 1.29 is 19.9 Å². The number of hydrogen-bond acceptors (Lipinski definition) is 4. The zero-order chi connectivity index (χ0) is 21.7. The summed E-state index contributed by atoms with van der Waals surface area (Å²) in [5.74, 6) is -0.312. The van der Waals surface area contributed by atoms with E-state index in [0.717, 1.165) is 41.5 Å². The molecule has 156 valence electrons. The van der Waals surface area contributed by atoms with Crippen molar-refractivity contribution in [2.45, 2.75) is 27.3 Å². The second-order valence-corrected chi connectivity index (χ2v) is 7.33. The molecule has 4 N–H and O–H groups in total. The molecule has 0 aromatic heterocycles.